The van der Waals surface area contributed by atoms with Gasteiger partial charge in [-0.1, -0.05) is 34.1 Å². The molecule has 2 rings (SSSR count). The van der Waals surface area contributed by atoms with Crippen molar-refractivity contribution in [2.45, 2.75) is 97.7 Å². The highest BCUT2D eigenvalue weighted by atomic mass is 16.5. The van der Waals surface area contributed by atoms with Gasteiger partial charge >= 0.3 is 0 Å². The molecule has 0 aromatic carbocycles. The van der Waals surface area contributed by atoms with Gasteiger partial charge in [-0.25, -0.2) is 0 Å². The number of methoxy groups -OCH3 is 1. The normalized spacial score (nSPS) is 22.4. The van der Waals surface area contributed by atoms with Gasteiger partial charge in [0.1, 0.15) is 5.78 Å². The number of carbonyl (C=O) groups excluding carboxylic acids is 2. The third-order valence-corrected chi connectivity index (χ3v) is 4.95. The zero-order chi connectivity index (χ0) is 19.9. The Morgan fingerprint density at radius 2 is 1.54 bits per heavy atom. The minimum absolute atomic E-state index is 0.248. The highest BCUT2D eigenvalue weighted by Crippen LogP contribution is 2.29. The summed E-state index contributed by atoms with van der Waals surface area (Å²) >= 11 is 0. The fourth-order valence-electron chi connectivity index (χ4n) is 3.10. The van der Waals surface area contributed by atoms with Crippen LogP contribution in [0.3, 0.4) is 0 Å². The van der Waals surface area contributed by atoms with Crippen molar-refractivity contribution in [2.75, 3.05) is 13.7 Å². The maximum absolute atomic E-state index is 11.1. The van der Waals surface area contributed by atoms with Crippen molar-refractivity contribution in [1.29, 1.82) is 0 Å². The lowest BCUT2D eigenvalue weighted by Crippen LogP contribution is -2.26. The molecule has 0 saturated heterocycles. The summed E-state index contributed by atoms with van der Waals surface area (Å²) in [6.45, 7) is 8.62. The first kappa shape index (κ1) is 25.1. The molecule has 0 heterocycles. The third kappa shape index (κ3) is 10.9. The smallest absolute Gasteiger partial charge is 0.217 e. The maximum Gasteiger partial charge on any atom is 0.217 e. The Hall–Kier alpha value is -0.940. The highest BCUT2D eigenvalue weighted by Gasteiger charge is 2.26. The van der Waals surface area contributed by atoms with Gasteiger partial charge in [-0.2, -0.15) is 0 Å². The summed E-state index contributed by atoms with van der Waals surface area (Å²) in [7, 11) is 1.76. The van der Waals surface area contributed by atoms with Crippen molar-refractivity contribution in [1.82, 2.24) is 0 Å². The van der Waals surface area contributed by atoms with Gasteiger partial charge in [0.15, 0.2) is 0 Å². The number of nitrogens with two attached hydrogens (primary N) is 1. The van der Waals surface area contributed by atoms with E-state index >= 15 is 0 Å². The van der Waals surface area contributed by atoms with Crippen LogP contribution in [-0.4, -0.2) is 37.6 Å². The first-order valence-corrected chi connectivity index (χ1v) is 10.4. The van der Waals surface area contributed by atoms with Crippen LogP contribution in [0.2, 0.25) is 0 Å². The van der Waals surface area contributed by atoms with Gasteiger partial charge in [-0.3, -0.25) is 9.59 Å². The summed E-state index contributed by atoms with van der Waals surface area (Å²) in [4.78, 5) is 21.6. The van der Waals surface area contributed by atoms with E-state index < -0.39 is 0 Å². The summed E-state index contributed by atoms with van der Waals surface area (Å²) in [5.74, 6) is 0.920. The largest absolute Gasteiger partial charge is 0.381 e. The molecule has 0 spiro atoms. The van der Waals surface area contributed by atoms with Crippen LogP contribution in [0, 0.1) is 11.8 Å². The lowest BCUT2D eigenvalue weighted by molar-refractivity contribution is -0.128. The van der Waals surface area contributed by atoms with Gasteiger partial charge in [0.25, 0.3) is 0 Å². The highest BCUT2D eigenvalue weighted by molar-refractivity contribution is 5.83. The predicted molar refractivity (Wildman–Crippen MR) is 106 cm³/mol. The zero-order valence-electron chi connectivity index (χ0n) is 17.6. The molecule has 154 valence electrons. The van der Waals surface area contributed by atoms with Crippen LogP contribution in [0.1, 0.15) is 85.5 Å². The zero-order valence-corrected chi connectivity index (χ0v) is 17.6. The van der Waals surface area contributed by atoms with E-state index in [2.05, 4.69) is 0 Å². The molecule has 1 amide bonds. The molecule has 0 atom stereocenters. The van der Waals surface area contributed by atoms with Crippen LogP contribution < -0.4 is 5.73 Å². The number of carbonyl (C=O) groups is 2. The summed E-state index contributed by atoms with van der Waals surface area (Å²) in [5, 5.41) is 0. The quantitative estimate of drug-likeness (QED) is 0.646. The van der Waals surface area contributed by atoms with Crippen molar-refractivity contribution in [3.8, 4) is 0 Å². The molecule has 0 aliphatic heterocycles. The Balaban J connectivity index is 0.000000484. The molecule has 0 unspecified atom stereocenters. The Labute approximate surface area is 160 Å². The second-order valence-electron chi connectivity index (χ2n) is 7.26. The number of hydrogen-bond donors (Lipinski definition) is 1. The van der Waals surface area contributed by atoms with E-state index in [0.29, 0.717) is 36.9 Å². The number of primary amides is 1. The summed E-state index contributed by atoms with van der Waals surface area (Å²) in [6, 6.07) is 0. The molecule has 2 aliphatic carbocycles. The van der Waals surface area contributed by atoms with Gasteiger partial charge in [0.05, 0.1) is 12.2 Å². The van der Waals surface area contributed by atoms with E-state index in [9.17, 15) is 9.59 Å². The van der Waals surface area contributed by atoms with Crippen molar-refractivity contribution in [3.05, 3.63) is 0 Å². The first-order chi connectivity index (χ1) is 12.4. The van der Waals surface area contributed by atoms with Crippen molar-refractivity contribution < 1.29 is 19.1 Å². The van der Waals surface area contributed by atoms with Crippen LogP contribution in [0.25, 0.3) is 0 Å². The summed E-state index contributed by atoms with van der Waals surface area (Å²) in [6.07, 6.45) is 9.78. The van der Waals surface area contributed by atoms with E-state index in [1.165, 1.54) is 6.42 Å². The van der Waals surface area contributed by atoms with Crippen LogP contribution in [0.4, 0.5) is 0 Å². The molecule has 2 N–H and O–H groups in total. The molecule has 26 heavy (non-hydrogen) atoms. The molecule has 2 saturated carbocycles. The van der Waals surface area contributed by atoms with Crippen molar-refractivity contribution >= 4 is 11.7 Å². The average molecular weight is 372 g/mol. The number of hydrogen-bond acceptors (Lipinski definition) is 4. The van der Waals surface area contributed by atoms with Gasteiger partial charge in [-0.05, 0) is 44.9 Å². The minimum atomic E-state index is -0.248. The van der Waals surface area contributed by atoms with E-state index in [1.54, 1.807) is 7.11 Å². The average Bonchev–Trinajstić information content (AvgIpc) is 2.60. The molecule has 0 aromatic rings. The van der Waals surface area contributed by atoms with E-state index in [1.807, 2.05) is 27.7 Å². The number of ether oxygens (including phenoxy) is 2. The Morgan fingerprint density at radius 1 is 1.00 bits per heavy atom. The number of amides is 1. The molecule has 2 fully saturated rings. The number of ketones is 1. The predicted octanol–water partition coefficient (Wildman–Crippen LogP) is 4.26. The molecule has 0 aromatic heterocycles. The SMILES string of the molecule is CC.CC(C)C(=O)C1CCC1.COC1CCC(OCCCC(N)=O)CC1. The Bertz CT molecular complexity index is 372. The van der Waals surface area contributed by atoms with Crippen LogP contribution in [0.15, 0.2) is 0 Å². The molecule has 5 heteroatoms. The van der Waals surface area contributed by atoms with Gasteiger partial charge in [0, 0.05) is 32.0 Å². The Kier molecular flexibility index (Phi) is 14.6. The lowest BCUT2D eigenvalue weighted by atomic mass is 9.79. The Morgan fingerprint density at radius 3 is 1.88 bits per heavy atom. The second kappa shape index (κ2) is 15.2. The molecular formula is C21H41NO4. The van der Waals surface area contributed by atoms with E-state index in [0.717, 1.165) is 44.9 Å². The number of Topliss-reactive ketones (excluding diaryl/α,β-unsaturated/α-hetero) is 1. The molecule has 2 aliphatic rings. The van der Waals surface area contributed by atoms with Gasteiger partial charge < -0.3 is 15.2 Å². The van der Waals surface area contributed by atoms with Crippen molar-refractivity contribution in [3.63, 3.8) is 0 Å². The lowest BCUT2D eigenvalue weighted by Gasteiger charge is -2.27. The van der Waals surface area contributed by atoms with Crippen LogP contribution in [0.5, 0.6) is 0 Å². The van der Waals surface area contributed by atoms with E-state index in [4.69, 9.17) is 15.2 Å². The molecule has 0 radical (unpaired) electrons. The third-order valence-electron chi connectivity index (χ3n) is 4.95. The number of rotatable bonds is 8. The van der Waals surface area contributed by atoms with Crippen molar-refractivity contribution in [2.24, 2.45) is 17.6 Å². The monoisotopic (exact) mass is 371 g/mol. The molecule has 0 bridgehead atoms. The molecule has 5 nitrogen and oxygen atoms in total. The molecular weight excluding hydrogens is 330 g/mol. The van der Waals surface area contributed by atoms with Gasteiger partial charge in [-0.15, -0.1) is 0 Å². The van der Waals surface area contributed by atoms with Gasteiger partial charge in [0.2, 0.25) is 5.91 Å². The first-order valence-electron chi connectivity index (χ1n) is 10.4. The minimum Gasteiger partial charge on any atom is -0.381 e. The van der Waals surface area contributed by atoms with Crippen LogP contribution >= 0.6 is 0 Å². The van der Waals surface area contributed by atoms with Crippen LogP contribution in [-0.2, 0) is 19.1 Å². The van der Waals surface area contributed by atoms with E-state index in [-0.39, 0.29) is 11.8 Å². The second-order valence-corrected chi connectivity index (χ2v) is 7.26. The fraction of sp³-hybridized carbons (Fsp3) is 0.905. The topological polar surface area (TPSA) is 78.6 Å². The fourth-order valence-corrected chi connectivity index (χ4v) is 3.10. The standard InChI is InChI=1S/C11H21NO3.C8H14O.C2H6/c1-14-9-4-6-10(7-5-9)15-8-2-3-11(12)13;1-6(2)8(9)7-4-3-5-7;1-2/h9-10H,2-8H2,1H3,(H2,12,13);6-7H,3-5H2,1-2H3;1-2H3. The summed E-state index contributed by atoms with van der Waals surface area (Å²) < 4.78 is 10.9. The summed E-state index contributed by atoms with van der Waals surface area (Å²) in [5.41, 5.74) is 5.04. The maximum atomic E-state index is 11.1.